The van der Waals surface area contributed by atoms with Crippen LogP contribution in [0.3, 0.4) is 0 Å². The van der Waals surface area contributed by atoms with Gasteiger partial charge in [-0.2, -0.15) is 0 Å². The third kappa shape index (κ3) is 3.75. The van der Waals surface area contributed by atoms with Crippen LogP contribution >= 0.6 is 11.6 Å². The Bertz CT molecular complexity index is 1170. The van der Waals surface area contributed by atoms with Crippen molar-refractivity contribution in [3.63, 3.8) is 0 Å². The van der Waals surface area contributed by atoms with Crippen LogP contribution in [0.25, 0.3) is 16.9 Å². The highest BCUT2D eigenvalue weighted by molar-refractivity contribution is 6.30. The Balaban J connectivity index is 1.73. The van der Waals surface area contributed by atoms with E-state index in [1.807, 2.05) is 47.9 Å². The van der Waals surface area contributed by atoms with Crippen LogP contribution in [0.15, 0.2) is 66.9 Å². The van der Waals surface area contributed by atoms with Crippen molar-refractivity contribution in [1.82, 2.24) is 9.38 Å². The summed E-state index contributed by atoms with van der Waals surface area (Å²) in [5.74, 6) is 0.0335. The monoisotopic (exact) mass is 393 g/mol. The van der Waals surface area contributed by atoms with Crippen molar-refractivity contribution in [2.24, 2.45) is 0 Å². The van der Waals surface area contributed by atoms with Crippen molar-refractivity contribution in [3.8, 4) is 11.3 Å². The molecule has 28 heavy (non-hydrogen) atoms. The van der Waals surface area contributed by atoms with Gasteiger partial charge in [-0.15, -0.1) is 0 Å². The molecule has 0 saturated carbocycles. The number of imidazole rings is 1. The van der Waals surface area contributed by atoms with Crippen LogP contribution in [0.1, 0.15) is 11.1 Å². The van der Waals surface area contributed by atoms with Gasteiger partial charge in [-0.25, -0.2) is 9.37 Å². The zero-order valence-corrected chi connectivity index (χ0v) is 15.9. The molecule has 4 rings (SSSR count). The SMILES string of the molecule is Cc1ccn2c(NC(=O)Cc3ccc(F)cc3)c(-c3cccc(Cl)c3)nc2c1. The van der Waals surface area contributed by atoms with Crippen molar-refractivity contribution >= 4 is 29.0 Å². The highest BCUT2D eigenvalue weighted by Crippen LogP contribution is 2.30. The first kappa shape index (κ1) is 18.2. The van der Waals surface area contributed by atoms with Crippen molar-refractivity contribution in [3.05, 3.63) is 88.8 Å². The van der Waals surface area contributed by atoms with Crippen LogP contribution in [0.5, 0.6) is 0 Å². The molecule has 0 atom stereocenters. The summed E-state index contributed by atoms with van der Waals surface area (Å²) < 4.78 is 14.9. The molecule has 0 bridgehead atoms. The second-order valence-corrected chi connectivity index (χ2v) is 7.04. The van der Waals surface area contributed by atoms with Crippen molar-refractivity contribution < 1.29 is 9.18 Å². The first-order chi connectivity index (χ1) is 13.5. The second-order valence-electron chi connectivity index (χ2n) is 6.60. The predicted octanol–water partition coefficient (Wildman–Crippen LogP) is 5.28. The molecule has 0 unspecified atom stereocenters. The lowest BCUT2D eigenvalue weighted by Crippen LogP contribution is -2.16. The fourth-order valence-electron chi connectivity index (χ4n) is 3.07. The van der Waals surface area contributed by atoms with Crippen LogP contribution in [0.4, 0.5) is 10.2 Å². The predicted molar refractivity (Wildman–Crippen MR) is 109 cm³/mol. The van der Waals surface area contributed by atoms with Gasteiger partial charge in [-0.3, -0.25) is 9.20 Å². The lowest BCUT2D eigenvalue weighted by atomic mass is 10.1. The van der Waals surface area contributed by atoms with E-state index in [2.05, 4.69) is 5.32 Å². The molecular weight excluding hydrogens is 377 g/mol. The molecule has 0 fully saturated rings. The molecule has 0 aliphatic rings. The lowest BCUT2D eigenvalue weighted by Gasteiger charge is -2.08. The number of benzene rings is 2. The fraction of sp³-hybridized carbons (Fsp3) is 0.0909. The molecular formula is C22H17ClFN3O. The van der Waals surface area contributed by atoms with Gasteiger partial charge in [0.25, 0.3) is 0 Å². The van der Waals surface area contributed by atoms with Crippen molar-refractivity contribution in [2.75, 3.05) is 5.32 Å². The smallest absolute Gasteiger partial charge is 0.229 e. The first-order valence-corrected chi connectivity index (χ1v) is 9.16. The molecule has 140 valence electrons. The number of nitrogens with one attached hydrogen (secondary N) is 1. The third-order valence-corrected chi connectivity index (χ3v) is 4.65. The molecule has 6 heteroatoms. The Labute approximate surface area is 166 Å². The normalized spacial score (nSPS) is 11.0. The number of hydrogen-bond acceptors (Lipinski definition) is 2. The number of aryl methyl sites for hydroxylation is 1. The van der Waals surface area contributed by atoms with Crippen LogP contribution in [0.2, 0.25) is 5.02 Å². The van der Waals surface area contributed by atoms with Gasteiger partial charge in [0.1, 0.15) is 23.0 Å². The molecule has 0 saturated heterocycles. The Kier molecular flexibility index (Phi) is 4.84. The van der Waals surface area contributed by atoms with Gasteiger partial charge in [-0.05, 0) is 54.4 Å². The molecule has 4 nitrogen and oxygen atoms in total. The van der Waals surface area contributed by atoms with Crippen LogP contribution < -0.4 is 5.32 Å². The number of hydrogen-bond donors (Lipinski definition) is 1. The zero-order chi connectivity index (χ0) is 19.7. The average molecular weight is 394 g/mol. The van der Waals surface area contributed by atoms with E-state index in [9.17, 15) is 9.18 Å². The van der Waals surface area contributed by atoms with E-state index in [1.54, 1.807) is 18.2 Å². The highest BCUT2D eigenvalue weighted by atomic mass is 35.5. The minimum absolute atomic E-state index is 0.133. The highest BCUT2D eigenvalue weighted by Gasteiger charge is 2.17. The van der Waals surface area contributed by atoms with E-state index >= 15 is 0 Å². The summed E-state index contributed by atoms with van der Waals surface area (Å²) in [4.78, 5) is 17.4. The van der Waals surface area contributed by atoms with E-state index in [0.29, 0.717) is 16.5 Å². The number of nitrogens with zero attached hydrogens (tertiary/aromatic N) is 2. The number of carbonyl (C=O) groups excluding carboxylic acids is 1. The Morgan fingerprint density at radius 2 is 1.93 bits per heavy atom. The molecule has 0 aliphatic heterocycles. The summed E-state index contributed by atoms with van der Waals surface area (Å²) in [6.07, 6.45) is 2.01. The van der Waals surface area contributed by atoms with Crippen LogP contribution in [-0.2, 0) is 11.2 Å². The second kappa shape index (κ2) is 7.44. The quantitative estimate of drug-likeness (QED) is 0.512. The molecule has 0 aliphatic carbocycles. The van der Waals surface area contributed by atoms with Gasteiger partial charge < -0.3 is 5.32 Å². The molecule has 0 spiro atoms. The van der Waals surface area contributed by atoms with Crippen LogP contribution in [-0.4, -0.2) is 15.3 Å². The average Bonchev–Trinajstić information content (AvgIpc) is 3.01. The summed E-state index contributed by atoms with van der Waals surface area (Å²) in [7, 11) is 0. The van der Waals surface area contributed by atoms with Gasteiger partial charge in [0.2, 0.25) is 5.91 Å². The van der Waals surface area contributed by atoms with E-state index in [4.69, 9.17) is 16.6 Å². The lowest BCUT2D eigenvalue weighted by molar-refractivity contribution is -0.115. The minimum Gasteiger partial charge on any atom is -0.310 e. The maximum absolute atomic E-state index is 13.1. The molecule has 2 aromatic carbocycles. The molecule has 2 aromatic heterocycles. The number of anilines is 1. The van der Waals surface area contributed by atoms with Gasteiger partial charge in [0, 0.05) is 16.8 Å². The molecule has 1 N–H and O–H groups in total. The first-order valence-electron chi connectivity index (χ1n) is 8.78. The Morgan fingerprint density at radius 1 is 1.14 bits per heavy atom. The fourth-order valence-corrected chi connectivity index (χ4v) is 3.26. The third-order valence-electron chi connectivity index (χ3n) is 4.42. The maximum atomic E-state index is 13.1. The largest absolute Gasteiger partial charge is 0.310 e. The summed E-state index contributed by atoms with van der Waals surface area (Å²) in [6.45, 7) is 1.99. The number of pyridine rings is 1. The van der Waals surface area contributed by atoms with E-state index in [-0.39, 0.29) is 18.1 Å². The molecule has 2 heterocycles. The number of rotatable bonds is 4. The minimum atomic E-state index is -0.329. The van der Waals surface area contributed by atoms with Gasteiger partial charge in [0.05, 0.1) is 6.42 Å². The van der Waals surface area contributed by atoms with Gasteiger partial charge in [-0.1, -0.05) is 35.9 Å². The Morgan fingerprint density at radius 3 is 2.68 bits per heavy atom. The molecule has 4 aromatic rings. The summed E-state index contributed by atoms with van der Waals surface area (Å²) >= 11 is 6.14. The molecule has 0 radical (unpaired) electrons. The number of fused-ring (bicyclic) bond motifs is 1. The number of amides is 1. The van der Waals surface area contributed by atoms with Crippen LogP contribution in [0, 0.1) is 12.7 Å². The number of aromatic nitrogens is 2. The van der Waals surface area contributed by atoms with Crippen molar-refractivity contribution in [2.45, 2.75) is 13.3 Å². The summed E-state index contributed by atoms with van der Waals surface area (Å²) in [5.41, 5.74) is 3.98. The Hall–Kier alpha value is -3.18. The van der Waals surface area contributed by atoms with E-state index < -0.39 is 0 Å². The zero-order valence-electron chi connectivity index (χ0n) is 15.1. The topological polar surface area (TPSA) is 46.4 Å². The van der Waals surface area contributed by atoms with E-state index in [0.717, 1.165) is 22.3 Å². The molecule has 1 amide bonds. The summed E-state index contributed by atoms with van der Waals surface area (Å²) in [5, 5.41) is 3.55. The number of carbonyl (C=O) groups is 1. The van der Waals surface area contributed by atoms with Gasteiger partial charge in [0.15, 0.2) is 0 Å². The maximum Gasteiger partial charge on any atom is 0.229 e. The summed E-state index contributed by atoms with van der Waals surface area (Å²) in [6, 6.07) is 17.1. The van der Waals surface area contributed by atoms with Gasteiger partial charge >= 0.3 is 0 Å². The number of halogens is 2. The standard InChI is InChI=1S/C22H17ClFN3O/c1-14-9-10-27-19(11-14)25-21(16-3-2-4-17(23)13-16)22(27)26-20(28)12-15-5-7-18(24)8-6-15/h2-11,13H,12H2,1H3,(H,26,28). The van der Waals surface area contributed by atoms with Crippen molar-refractivity contribution in [1.29, 1.82) is 0 Å². The van der Waals surface area contributed by atoms with E-state index in [1.165, 1.54) is 12.1 Å².